The van der Waals surface area contributed by atoms with Crippen molar-refractivity contribution in [2.45, 2.75) is 11.3 Å². The highest BCUT2D eigenvalue weighted by molar-refractivity contribution is 7.89. The van der Waals surface area contributed by atoms with E-state index >= 15 is 0 Å². The number of halogens is 2. The molecule has 0 bridgehead atoms. The number of carbonyl (C=O) groups excluding carboxylic acids is 1. The van der Waals surface area contributed by atoms with Crippen LogP contribution < -0.4 is 0 Å². The van der Waals surface area contributed by atoms with Gasteiger partial charge in [-0.3, -0.25) is 4.79 Å². The molecule has 1 amide bonds. The summed E-state index contributed by atoms with van der Waals surface area (Å²) in [6, 6.07) is 10.5. The van der Waals surface area contributed by atoms with Gasteiger partial charge < -0.3 is 4.90 Å². The largest absolute Gasteiger partial charge is 0.340 e. The van der Waals surface area contributed by atoms with Gasteiger partial charge in [0, 0.05) is 26.2 Å². The Hall–Kier alpha value is -2.32. The van der Waals surface area contributed by atoms with Gasteiger partial charge in [0.25, 0.3) is 0 Å². The number of benzene rings is 2. The van der Waals surface area contributed by atoms with E-state index in [1.165, 1.54) is 28.6 Å². The lowest BCUT2D eigenvalue weighted by Gasteiger charge is -2.34. The third-order valence-corrected chi connectivity index (χ3v) is 6.20. The monoisotopic (exact) mass is 380 g/mol. The molecule has 1 saturated heterocycles. The number of carbonyl (C=O) groups is 1. The summed E-state index contributed by atoms with van der Waals surface area (Å²) in [6.45, 7) is 0.840. The van der Waals surface area contributed by atoms with Gasteiger partial charge in [0.15, 0.2) is 0 Å². The van der Waals surface area contributed by atoms with Crippen molar-refractivity contribution >= 4 is 15.9 Å². The van der Waals surface area contributed by atoms with Crippen LogP contribution in [0.3, 0.4) is 0 Å². The second kappa shape index (κ2) is 7.51. The molecule has 3 rings (SSSR count). The predicted molar refractivity (Wildman–Crippen MR) is 91.8 cm³/mol. The first kappa shape index (κ1) is 18.5. The number of rotatable bonds is 4. The molecule has 0 spiro atoms. The Morgan fingerprint density at radius 3 is 2.19 bits per heavy atom. The van der Waals surface area contributed by atoms with Gasteiger partial charge in [0.05, 0.1) is 11.3 Å². The molecular weight excluding hydrogens is 362 g/mol. The van der Waals surface area contributed by atoms with Crippen molar-refractivity contribution in [3.8, 4) is 0 Å². The molecule has 1 heterocycles. The van der Waals surface area contributed by atoms with Crippen LogP contribution in [0.4, 0.5) is 8.78 Å². The van der Waals surface area contributed by atoms with Crippen molar-refractivity contribution in [2.24, 2.45) is 0 Å². The second-order valence-corrected chi connectivity index (χ2v) is 7.98. The van der Waals surface area contributed by atoms with E-state index in [0.29, 0.717) is 5.56 Å². The van der Waals surface area contributed by atoms with E-state index in [4.69, 9.17) is 0 Å². The molecule has 8 heteroatoms. The smallest absolute Gasteiger partial charge is 0.243 e. The zero-order chi connectivity index (χ0) is 18.7. The fourth-order valence-corrected chi connectivity index (χ4v) is 4.29. The molecule has 0 unspecified atom stereocenters. The van der Waals surface area contributed by atoms with Crippen LogP contribution in [0.1, 0.15) is 5.56 Å². The van der Waals surface area contributed by atoms with E-state index in [1.807, 2.05) is 0 Å². The predicted octanol–water partition coefficient (Wildman–Crippen LogP) is 2.04. The molecule has 0 atom stereocenters. The molecule has 1 fully saturated rings. The topological polar surface area (TPSA) is 57.7 Å². The normalized spacial score (nSPS) is 15.8. The van der Waals surface area contributed by atoms with E-state index in [-0.39, 0.29) is 43.4 Å². The average molecular weight is 380 g/mol. The Morgan fingerprint density at radius 2 is 1.58 bits per heavy atom. The maximum atomic E-state index is 13.2. The molecule has 0 aliphatic carbocycles. The van der Waals surface area contributed by atoms with Crippen LogP contribution in [0, 0.1) is 11.6 Å². The van der Waals surface area contributed by atoms with E-state index in [1.54, 1.807) is 17.0 Å². The van der Waals surface area contributed by atoms with Gasteiger partial charge in [-0.1, -0.05) is 12.1 Å². The SMILES string of the molecule is O=C(Cc1cccc(F)c1)N1CCN(S(=O)(=O)c2ccc(F)cc2)CC1. The number of hydrogen-bond donors (Lipinski definition) is 0. The van der Waals surface area contributed by atoms with Crippen LogP contribution in [-0.4, -0.2) is 49.7 Å². The van der Waals surface area contributed by atoms with Gasteiger partial charge >= 0.3 is 0 Å². The van der Waals surface area contributed by atoms with E-state index in [0.717, 1.165) is 12.1 Å². The molecule has 0 aromatic heterocycles. The number of sulfonamides is 1. The molecule has 138 valence electrons. The minimum atomic E-state index is -3.71. The molecule has 1 aliphatic heterocycles. The lowest BCUT2D eigenvalue weighted by atomic mass is 10.1. The van der Waals surface area contributed by atoms with Crippen molar-refractivity contribution in [3.63, 3.8) is 0 Å². The summed E-state index contributed by atoms with van der Waals surface area (Å²) in [6.07, 6.45) is 0.0719. The van der Waals surface area contributed by atoms with Crippen molar-refractivity contribution in [1.82, 2.24) is 9.21 Å². The van der Waals surface area contributed by atoms with Gasteiger partial charge in [0.2, 0.25) is 15.9 Å². The highest BCUT2D eigenvalue weighted by atomic mass is 32.2. The van der Waals surface area contributed by atoms with Crippen molar-refractivity contribution in [2.75, 3.05) is 26.2 Å². The third kappa shape index (κ3) is 4.08. The van der Waals surface area contributed by atoms with Crippen molar-refractivity contribution in [3.05, 3.63) is 65.7 Å². The maximum Gasteiger partial charge on any atom is 0.243 e. The minimum Gasteiger partial charge on any atom is -0.340 e. The summed E-state index contributed by atoms with van der Waals surface area (Å²) >= 11 is 0. The van der Waals surface area contributed by atoms with Crippen LogP contribution in [0.2, 0.25) is 0 Å². The summed E-state index contributed by atoms with van der Waals surface area (Å²) in [5.41, 5.74) is 0.580. The standard InChI is InChI=1S/C18H18F2N2O3S/c19-15-4-6-17(7-5-15)26(24,25)22-10-8-21(9-11-22)18(23)13-14-2-1-3-16(20)12-14/h1-7,12H,8-11,13H2. The fraction of sp³-hybridized carbons (Fsp3) is 0.278. The molecule has 2 aromatic carbocycles. The van der Waals surface area contributed by atoms with Crippen LogP contribution >= 0.6 is 0 Å². The summed E-state index contributed by atoms with van der Waals surface area (Å²) in [4.78, 5) is 13.9. The molecule has 1 aliphatic rings. The first-order valence-electron chi connectivity index (χ1n) is 8.14. The van der Waals surface area contributed by atoms with Crippen molar-refractivity contribution in [1.29, 1.82) is 0 Å². The number of amides is 1. The number of hydrogen-bond acceptors (Lipinski definition) is 3. The van der Waals surface area contributed by atoms with Crippen LogP contribution in [0.15, 0.2) is 53.4 Å². The lowest BCUT2D eigenvalue weighted by Crippen LogP contribution is -2.50. The molecule has 0 saturated carbocycles. The zero-order valence-corrected chi connectivity index (χ0v) is 14.8. The minimum absolute atomic E-state index is 0.0263. The van der Waals surface area contributed by atoms with Crippen LogP contribution in [0.5, 0.6) is 0 Å². The Bertz CT molecular complexity index is 893. The Balaban J connectivity index is 1.61. The zero-order valence-electron chi connectivity index (χ0n) is 13.9. The molecule has 5 nitrogen and oxygen atoms in total. The van der Waals surface area contributed by atoms with E-state index < -0.39 is 21.7 Å². The Labute approximate surface area is 150 Å². The van der Waals surface area contributed by atoms with Crippen LogP contribution in [0.25, 0.3) is 0 Å². The molecule has 26 heavy (non-hydrogen) atoms. The average Bonchev–Trinajstić information content (AvgIpc) is 2.62. The molecule has 0 radical (unpaired) electrons. The Kier molecular flexibility index (Phi) is 5.33. The van der Waals surface area contributed by atoms with Gasteiger partial charge in [-0.05, 0) is 42.0 Å². The summed E-state index contributed by atoms with van der Waals surface area (Å²) < 4.78 is 52.6. The number of piperazine rings is 1. The summed E-state index contributed by atoms with van der Waals surface area (Å²) in [7, 11) is -3.71. The molecule has 2 aromatic rings. The van der Waals surface area contributed by atoms with Crippen LogP contribution in [-0.2, 0) is 21.2 Å². The van der Waals surface area contributed by atoms with E-state index in [2.05, 4.69) is 0 Å². The second-order valence-electron chi connectivity index (χ2n) is 6.05. The summed E-state index contributed by atoms with van der Waals surface area (Å²) in [5.74, 6) is -1.07. The summed E-state index contributed by atoms with van der Waals surface area (Å²) in [5, 5.41) is 0. The van der Waals surface area contributed by atoms with Crippen molar-refractivity contribution < 1.29 is 22.0 Å². The van der Waals surface area contributed by atoms with Gasteiger partial charge in [-0.25, -0.2) is 17.2 Å². The van der Waals surface area contributed by atoms with Gasteiger partial charge in [-0.15, -0.1) is 0 Å². The Morgan fingerprint density at radius 1 is 0.923 bits per heavy atom. The molecule has 0 N–H and O–H groups in total. The molecular formula is C18H18F2N2O3S. The van der Waals surface area contributed by atoms with Gasteiger partial charge in [-0.2, -0.15) is 4.31 Å². The third-order valence-electron chi connectivity index (χ3n) is 4.29. The highest BCUT2D eigenvalue weighted by Gasteiger charge is 2.30. The first-order valence-corrected chi connectivity index (χ1v) is 9.58. The maximum absolute atomic E-state index is 13.2. The van der Waals surface area contributed by atoms with E-state index in [9.17, 15) is 22.0 Å². The fourth-order valence-electron chi connectivity index (χ4n) is 2.87. The number of nitrogens with zero attached hydrogens (tertiary/aromatic N) is 2. The lowest BCUT2D eigenvalue weighted by molar-refractivity contribution is -0.131. The first-order chi connectivity index (χ1) is 12.4. The highest BCUT2D eigenvalue weighted by Crippen LogP contribution is 2.18. The quantitative estimate of drug-likeness (QED) is 0.816. The van der Waals surface area contributed by atoms with Gasteiger partial charge in [0.1, 0.15) is 11.6 Å².